The van der Waals surface area contributed by atoms with Crippen molar-refractivity contribution in [3.63, 3.8) is 0 Å². The number of imidazole rings is 1. The lowest BCUT2D eigenvalue weighted by Gasteiger charge is -2.30. The molecule has 1 fully saturated rings. The molecule has 0 spiro atoms. The van der Waals surface area contributed by atoms with Gasteiger partial charge in [0, 0.05) is 29.9 Å². The van der Waals surface area contributed by atoms with E-state index in [0.29, 0.717) is 25.2 Å². The van der Waals surface area contributed by atoms with Crippen LogP contribution in [0.15, 0.2) is 48.8 Å². The number of hydrogen-bond acceptors (Lipinski definition) is 5. The number of alkyl carbamates (subject to hydrolysis) is 1. The van der Waals surface area contributed by atoms with E-state index in [0.717, 1.165) is 22.2 Å². The molecule has 1 saturated heterocycles. The quantitative estimate of drug-likeness (QED) is 0.432. The zero-order valence-corrected chi connectivity index (χ0v) is 22.1. The number of rotatable bonds is 6. The Balaban J connectivity index is 1.34. The number of aromatic amines is 1. The molecule has 0 bridgehead atoms. The van der Waals surface area contributed by atoms with E-state index >= 15 is 0 Å². The molecule has 198 valence electrons. The molecule has 3 aromatic rings. The number of anilines is 1. The van der Waals surface area contributed by atoms with E-state index in [-0.39, 0.29) is 29.6 Å². The summed E-state index contributed by atoms with van der Waals surface area (Å²) in [6, 6.07) is 12.5. The molecule has 2 aromatic carbocycles. The standard InChI is InChI=1S/C29H33N5O4/c1-18(2)19(3)26(33-29(37)38-4)28(36)34-14-13-22(16-34)27(35)32-23-10-7-20(8-11-23)5-6-21-9-12-24-25(15-21)31-17-30-24/h7-12,15,17-19,22,26H,13-14,16H2,1-4H3,(H,30,31)(H,32,35)(H,33,37). The first-order chi connectivity index (χ1) is 18.2. The molecule has 1 aliphatic heterocycles. The number of nitrogens with one attached hydrogen (secondary N) is 3. The fourth-order valence-electron chi connectivity index (χ4n) is 4.40. The molecule has 38 heavy (non-hydrogen) atoms. The summed E-state index contributed by atoms with van der Waals surface area (Å²) in [7, 11) is 1.27. The Morgan fingerprint density at radius 2 is 1.79 bits per heavy atom. The molecule has 0 aliphatic carbocycles. The second-order valence-corrected chi connectivity index (χ2v) is 9.94. The molecule has 3 atom stereocenters. The van der Waals surface area contributed by atoms with Crippen molar-refractivity contribution in [1.29, 1.82) is 0 Å². The van der Waals surface area contributed by atoms with Crippen molar-refractivity contribution >= 4 is 34.6 Å². The molecule has 3 N–H and O–H groups in total. The van der Waals surface area contributed by atoms with Crippen LogP contribution in [-0.2, 0) is 14.3 Å². The summed E-state index contributed by atoms with van der Waals surface area (Å²) in [6.45, 7) is 6.69. The molecule has 3 unspecified atom stereocenters. The lowest BCUT2D eigenvalue weighted by Crippen LogP contribution is -2.52. The van der Waals surface area contributed by atoms with Gasteiger partial charge in [-0.2, -0.15) is 0 Å². The van der Waals surface area contributed by atoms with Gasteiger partial charge in [-0.1, -0.05) is 32.6 Å². The van der Waals surface area contributed by atoms with Crippen LogP contribution in [0.3, 0.4) is 0 Å². The normalized spacial score (nSPS) is 16.4. The Kier molecular flexibility index (Phi) is 8.31. The molecule has 0 radical (unpaired) electrons. The van der Waals surface area contributed by atoms with Crippen molar-refractivity contribution in [3.05, 3.63) is 59.9 Å². The van der Waals surface area contributed by atoms with E-state index in [4.69, 9.17) is 4.74 Å². The lowest BCUT2D eigenvalue weighted by atomic mass is 9.89. The van der Waals surface area contributed by atoms with Gasteiger partial charge in [0.05, 0.1) is 30.4 Å². The van der Waals surface area contributed by atoms with Gasteiger partial charge in [-0.3, -0.25) is 9.59 Å². The van der Waals surface area contributed by atoms with Gasteiger partial charge < -0.3 is 25.3 Å². The van der Waals surface area contributed by atoms with Crippen LogP contribution in [0.2, 0.25) is 0 Å². The number of aromatic nitrogens is 2. The van der Waals surface area contributed by atoms with Crippen molar-refractivity contribution in [2.24, 2.45) is 17.8 Å². The van der Waals surface area contributed by atoms with Crippen LogP contribution in [0.4, 0.5) is 10.5 Å². The van der Waals surface area contributed by atoms with E-state index < -0.39 is 12.1 Å². The maximum Gasteiger partial charge on any atom is 0.407 e. The number of hydrogen-bond donors (Lipinski definition) is 3. The molecular formula is C29H33N5O4. The van der Waals surface area contributed by atoms with Gasteiger partial charge in [-0.05, 0) is 60.7 Å². The first kappa shape index (κ1) is 26.7. The fourth-order valence-corrected chi connectivity index (χ4v) is 4.40. The average molecular weight is 516 g/mol. The first-order valence-corrected chi connectivity index (χ1v) is 12.7. The predicted octanol–water partition coefficient (Wildman–Crippen LogP) is 3.77. The van der Waals surface area contributed by atoms with Gasteiger partial charge in [0.15, 0.2) is 0 Å². The topological polar surface area (TPSA) is 116 Å². The van der Waals surface area contributed by atoms with Crippen LogP contribution >= 0.6 is 0 Å². The first-order valence-electron chi connectivity index (χ1n) is 12.7. The van der Waals surface area contributed by atoms with E-state index in [1.165, 1.54) is 7.11 Å². The predicted molar refractivity (Wildman–Crippen MR) is 145 cm³/mol. The molecule has 3 amide bonds. The summed E-state index contributed by atoms with van der Waals surface area (Å²) in [6.07, 6.45) is 1.57. The van der Waals surface area contributed by atoms with Gasteiger partial charge in [-0.15, -0.1) is 0 Å². The van der Waals surface area contributed by atoms with E-state index in [2.05, 4.69) is 32.4 Å². The van der Waals surface area contributed by atoms with Crippen molar-refractivity contribution in [1.82, 2.24) is 20.2 Å². The van der Waals surface area contributed by atoms with Crippen LogP contribution in [-0.4, -0.2) is 59.0 Å². The maximum atomic E-state index is 13.2. The van der Waals surface area contributed by atoms with Gasteiger partial charge in [0.2, 0.25) is 11.8 Å². The number of benzene rings is 2. The maximum absolute atomic E-state index is 13.2. The number of H-pyrrole nitrogens is 1. The Hall–Kier alpha value is -4.32. The third-order valence-corrected chi connectivity index (χ3v) is 7.10. The SMILES string of the molecule is COC(=O)NC(C(=O)N1CCC(C(=O)Nc2ccc(C#Cc3ccc4nc[nH]c4c3)cc2)C1)C(C)C(C)C. The lowest BCUT2D eigenvalue weighted by molar-refractivity contribution is -0.134. The zero-order chi connectivity index (χ0) is 27.2. The third-order valence-electron chi connectivity index (χ3n) is 7.10. The summed E-state index contributed by atoms with van der Waals surface area (Å²) in [5.74, 6) is 5.71. The molecule has 0 saturated carbocycles. The summed E-state index contributed by atoms with van der Waals surface area (Å²) < 4.78 is 4.71. The number of amides is 3. The number of ether oxygens (including phenoxy) is 1. The Morgan fingerprint density at radius 3 is 2.50 bits per heavy atom. The number of fused-ring (bicyclic) bond motifs is 1. The van der Waals surface area contributed by atoms with Crippen LogP contribution in [0.25, 0.3) is 11.0 Å². The van der Waals surface area contributed by atoms with Crippen LogP contribution in [0.1, 0.15) is 38.3 Å². The molecule has 2 heterocycles. The van der Waals surface area contributed by atoms with Gasteiger partial charge in [0.1, 0.15) is 6.04 Å². The molecule has 1 aliphatic rings. The minimum absolute atomic E-state index is 0.0931. The third kappa shape index (κ3) is 6.32. The second-order valence-electron chi connectivity index (χ2n) is 9.94. The smallest absolute Gasteiger partial charge is 0.407 e. The summed E-state index contributed by atoms with van der Waals surface area (Å²) in [4.78, 5) is 46.9. The highest BCUT2D eigenvalue weighted by Gasteiger charge is 2.37. The van der Waals surface area contributed by atoms with Gasteiger partial charge >= 0.3 is 6.09 Å². The molecule has 9 nitrogen and oxygen atoms in total. The number of carbonyl (C=O) groups excluding carboxylic acids is 3. The van der Waals surface area contributed by atoms with E-state index in [1.807, 2.05) is 63.2 Å². The van der Waals surface area contributed by atoms with Crippen molar-refractivity contribution in [2.75, 3.05) is 25.5 Å². The summed E-state index contributed by atoms with van der Waals surface area (Å²) in [5, 5.41) is 5.62. The minimum atomic E-state index is -0.709. The number of likely N-dealkylation sites (tertiary alicyclic amines) is 1. The minimum Gasteiger partial charge on any atom is -0.453 e. The number of carbonyl (C=O) groups is 3. The Morgan fingerprint density at radius 1 is 1.08 bits per heavy atom. The average Bonchev–Trinajstić information content (AvgIpc) is 3.60. The molecular weight excluding hydrogens is 482 g/mol. The van der Waals surface area contributed by atoms with Gasteiger partial charge in [0.25, 0.3) is 0 Å². The van der Waals surface area contributed by atoms with Crippen LogP contribution in [0, 0.1) is 29.6 Å². The monoisotopic (exact) mass is 515 g/mol. The highest BCUT2D eigenvalue weighted by atomic mass is 16.5. The second kappa shape index (κ2) is 11.8. The van der Waals surface area contributed by atoms with Crippen molar-refractivity contribution in [2.45, 2.75) is 33.2 Å². The molecule has 4 rings (SSSR count). The highest BCUT2D eigenvalue weighted by Crippen LogP contribution is 2.23. The van der Waals surface area contributed by atoms with Crippen molar-refractivity contribution < 1.29 is 19.1 Å². The van der Waals surface area contributed by atoms with Crippen molar-refractivity contribution in [3.8, 4) is 11.8 Å². The van der Waals surface area contributed by atoms with Crippen LogP contribution < -0.4 is 10.6 Å². The van der Waals surface area contributed by atoms with Gasteiger partial charge in [-0.25, -0.2) is 9.78 Å². The Labute approximate surface area is 222 Å². The molecule has 9 heteroatoms. The van der Waals surface area contributed by atoms with E-state index in [1.54, 1.807) is 11.2 Å². The number of methoxy groups -OCH3 is 1. The molecule has 1 aromatic heterocycles. The number of nitrogens with zero attached hydrogens (tertiary/aromatic N) is 2. The highest BCUT2D eigenvalue weighted by molar-refractivity contribution is 5.94. The largest absolute Gasteiger partial charge is 0.453 e. The summed E-state index contributed by atoms with van der Waals surface area (Å²) >= 11 is 0. The fraction of sp³-hybridized carbons (Fsp3) is 0.379. The summed E-state index contributed by atoms with van der Waals surface area (Å²) in [5.41, 5.74) is 4.21. The van der Waals surface area contributed by atoms with Crippen LogP contribution in [0.5, 0.6) is 0 Å². The van der Waals surface area contributed by atoms with E-state index in [9.17, 15) is 14.4 Å². The Bertz CT molecular complexity index is 1370. The zero-order valence-electron chi connectivity index (χ0n) is 22.1.